The first-order chi connectivity index (χ1) is 8.63. The van der Waals surface area contributed by atoms with Crippen molar-refractivity contribution in [1.29, 1.82) is 0 Å². The lowest BCUT2D eigenvalue weighted by molar-refractivity contribution is -0.123. The van der Waals surface area contributed by atoms with Crippen molar-refractivity contribution in [2.75, 3.05) is 19.6 Å². The third kappa shape index (κ3) is 5.67. The molecular formula is C14H28ClN3O. The van der Waals surface area contributed by atoms with Gasteiger partial charge < -0.3 is 11.1 Å². The summed E-state index contributed by atoms with van der Waals surface area (Å²) in [5.41, 5.74) is 5.93. The van der Waals surface area contributed by atoms with E-state index in [0.717, 1.165) is 44.7 Å². The van der Waals surface area contributed by atoms with Crippen LogP contribution in [-0.4, -0.2) is 42.5 Å². The van der Waals surface area contributed by atoms with E-state index in [4.69, 9.17) is 5.73 Å². The van der Waals surface area contributed by atoms with Crippen molar-refractivity contribution in [3.63, 3.8) is 0 Å². The molecule has 0 aromatic carbocycles. The fraction of sp³-hybridized carbons (Fsp3) is 0.929. The van der Waals surface area contributed by atoms with Crippen LogP contribution < -0.4 is 11.1 Å². The van der Waals surface area contributed by atoms with Gasteiger partial charge in [-0.15, -0.1) is 12.4 Å². The van der Waals surface area contributed by atoms with Gasteiger partial charge >= 0.3 is 0 Å². The predicted octanol–water partition coefficient (Wildman–Crippen LogP) is 1.53. The van der Waals surface area contributed by atoms with Gasteiger partial charge in [-0.05, 0) is 51.0 Å². The molecule has 0 aromatic heterocycles. The lowest BCUT2D eigenvalue weighted by Gasteiger charge is -2.31. The molecule has 1 aliphatic carbocycles. The molecule has 0 aromatic rings. The maximum atomic E-state index is 12.0. The van der Waals surface area contributed by atoms with Gasteiger partial charge in [0, 0.05) is 18.6 Å². The Morgan fingerprint density at radius 3 is 2.58 bits per heavy atom. The molecule has 2 rings (SSSR count). The van der Waals surface area contributed by atoms with Crippen LogP contribution in [0.2, 0.25) is 0 Å². The van der Waals surface area contributed by atoms with E-state index < -0.39 is 0 Å². The second kappa shape index (κ2) is 8.08. The average Bonchev–Trinajstić information content (AvgIpc) is 2.32. The van der Waals surface area contributed by atoms with Crippen molar-refractivity contribution in [2.24, 2.45) is 11.7 Å². The fourth-order valence-electron chi connectivity index (χ4n) is 3.12. The number of nitrogens with one attached hydrogen (secondary N) is 1. The van der Waals surface area contributed by atoms with Crippen LogP contribution >= 0.6 is 12.4 Å². The highest BCUT2D eigenvalue weighted by Gasteiger charge is 2.22. The van der Waals surface area contributed by atoms with Crippen molar-refractivity contribution >= 4 is 18.3 Å². The van der Waals surface area contributed by atoms with Crippen LogP contribution in [0.1, 0.15) is 45.4 Å². The molecule has 4 nitrogen and oxygen atoms in total. The first-order valence-electron chi connectivity index (χ1n) is 7.41. The molecule has 0 radical (unpaired) electrons. The van der Waals surface area contributed by atoms with E-state index in [1.165, 1.54) is 12.8 Å². The summed E-state index contributed by atoms with van der Waals surface area (Å²) in [4.78, 5) is 14.2. The van der Waals surface area contributed by atoms with Crippen LogP contribution in [0.4, 0.5) is 0 Å². The number of carbonyl (C=O) groups excluding carboxylic acids is 1. The Kier molecular flexibility index (Phi) is 7.11. The Morgan fingerprint density at radius 2 is 1.95 bits per heavy atom. The highest BCUT2D eigenvalue weighted by molar-refractivity contribution is 5.85. The van der Waals surface area contributed by atoms with E-state index in [0.29, 0.717) is 12.6 Å². The van der Waals surface area contributed by atoms with Crippen LogP contribution in [-0.2, 0) is 4.79 Å². The number of hydrogen-bond donors (Lipinski definition) is 2. The number of carbonyl (C=O) groups is 1. The molecule has 1 saturated heterocycles. The Bertz CT molecular complexity index is 280. The van der Waals surface area contributed by atoms with Gasteiger partial charge in [-0.1, -0.05) is 6.92 Å². The molecule has 1 unspecified atom stereocenters. The van der Waals surface area contributed by atoms with Gasteiger partial charge in [-0.2, -0.15) is 0 Å². The minimum Gasteiger partial charge on any atom is -0.352 e. The molecule has 19 heavy (non-hydrogen) atoms. The summed E-state index contributed by atoms with van der Waals surface area (Å²) < 4.78 is 0. The normalized spacial score (nSPS) is 32.4. The number of nitrogens with zero attached hydrogens (tertiary/aromatic N) is 1. The number of halogens is 1. The van der Waals surface area contributed by atoms with Gasteiger partial charge in [-0.25, -0.2) is 0 Å². The van der Waals surface area contributed by atoms with Gasteiger partial charge in [0.05, 0.1) is 6.54 Å². The number of amides is 1. The first-order valence-corrected chi connectivity index (χ1v) is 7.41. The fourth-order valence-corrected chi connectivity index (χ4v) is 3.12. The van der Waals surface area contributed by atoms with Gasteiger partial charge in [-0.3, -0.25) is 9.69 Å². The smallest absolute Gasteiger partial charge is 0.234 e. The number of rotatable bonds is 3. The van der Waals surface area contributed by atoms with E-state index in [-0.39, 0.29) is 24.4 Å². The standard InChI is InChI=1S/C14H27N3O.ClH/c1-11-4-6-13(7-5-11)16-14(18)10-17-8-2-3-12(15)9-17;/h11-13H,2-10,15H2,1H3,(H,16,18);1H. The molecule has 0 spiro atoms. The molecule has 1 amide bonds. The van der Waals surface area contributed by atoms with Crippen LogP contribution in [0.15, 0.2) is 0 Å². The molecule has 3 N–H and O–H groups in total. The van der Waals surface area contributed by atoms with Crippen LogP contribution in [0.3, 0.4) is 0 Å². The van der Waals surface area contributed by atoms with Crippen molar-refractivity contribution < 1.29 is 4.79 Å². The predicted molar refractivity (Wildman–Crippen MR) is 80.5 cm³/mol. The third-order valence-electron chi connectivity index (χ3n) is 4.29. The second-order valence-electron chi connectivity index (χ2n) is 6.16. The Balaban J connectivity index is 0.00000180. The van der Waals surface area contributed by atoms with E-state index in [2.05, 4.69) is 17.1 Å². The van der Waals surface area contributed by atoms with Crippen LogP contribution in [0.25, 0.3) is 0 Å². The summed E-state index contributed by atoms with van der Waals surface area (Å²) in [6.45, 7) is 4.71. The summed E-state index contributed by atoms with van der Waals surface area (Å²) in [7, 11) is 0. The summed E-state index contributed by atoms with van der Waals surface area (Å²) in [5.74, 6) is 1.02. The maximum absolute atomic E-state index is 12.0. The number of hydrogen-bond acceptors (Lipinski definition) is 3. The molecule has 2 aliphatic rings. The highest BCUT2D eigenvalue weighted by atomic mass is 35.5. The summed E-state index contributed by atoms with van der Waals surface area (Å²) >= 11 is 0. The van der Waals surface area contributed by atoms with Gasteiger partial charge in [0.25, 0.3) is 0 Å². The number of piperidine rings is 1. The quantitative estimate of drug-likeness (QED) is 0.828. The SMILES string of the molecule is CC1CCC(NC(=O)CN2CCCC(N)C2)CC1.Cl. The highest BCUT2D eigenvalue weighted by Crippen LogP contribution is 2.23. The van der Waals surface area contributed by atoms with Crippen molar-refractivity contribution in [3.05, 3.63) is 0 Å². The molecule has 1 saturated carbocycles. The zero-order valence-electron chi connectivity index (χ0n) is 11.9. The Labute approximate surface area is 122 Å². The maximum Gasteiger partial charge on any atom is 0.234 e. The van der Waals surface area contributed by atoms with E-state index in [1.807, 2.05) is 0 Å². The summed E-state index contributed by atoms with van der Waals surface area (Å²) in [5, 5.41) is 3.18. The number of likely N-dealkylation sites (tertiary alicyclic amines) is 1. The molecule has 0 bridgehead atoms. The lowest BCUT2D eigenvalue weighted by atomic mass is 9.87. The molecular weight excluding hydrogens is 262 g/mol. The second-order valence-corrected chi connectivity index (χ2v) is 6.16. The minimum absolute atomic E-state index is 0. The molecule has 1 heterocycles. The summed E-state index contributed by atoms with van der Waals surface area (Å²) in [6.07, 6.45) is 7.01. The van der Waals surface area contributed by atoms with Crippen molar-refractivity contribution in [2.45, 2.75) is 57.5 Å². The zero-order valence-corrected chi connectivity index (χ0v) is 12.8. The Hall–Kier alpha value is -0.320. The minimum atomic E-state index is 0. The molecule has 112 valence electrons. The molecule has 1 atom stereocenters. The van der Waals surface area contributed by atoms with Crippen molar-refractivity contribution in [3.8, 4) is 0 Å². The van der Waals surface area contributed by atoms with Crippen molar-refractivity contribution in [1.82, 2.24) is 10.2 Å². The van der Waals surface area contributed by atoms with E-state index in [1.54, 1.807) is 0 Å². The number of nitrogens with two attached hydrogens (primary N) is 1. The van der Waals surface area contributed by atoms with Gasteiger partial charge in [0.2, 0.25) is 5.91 Å². The largest absolute Gasteiger partial charge is 0.352 e. The Morgan fingerprint density at radius 1 is 1.26 bits per heavy atom. The van der Waals surface area contributed by atoms with Gasteiger partial charge in [0.15, 0.2) is 0 Å². The van der Waals surface area contributed by atoms with Crippen LogP contribution in [0, 0.1) is 5.92 Å². The summed E-state index contributed by atoms with van der Waals surface area (Å²) in [6, 6.07) is 0.661. The average molecular weight is 290 g/mol. The van der Waals surface area contributed by atoms with E-state index >= 15 is 0 Å². The lowest BCUT2D eigenvalue weighted by Crippen LogP contribution is -2.48. The zero-order chi connectivity index (χ0) is 13.0. The van der Waals surface area contributed by atoms with Gasteiger partial charge in [0.1, 0.15) is 0 Å². The first kappa shape index (κ1) is 16.7. The third-order valence-corrected chi connectivity index (χ3v) is 4.29. The monoisotopic (exact) mass is 289 g/mol. The van der Waals surface area contributed by atoms with Crippen LogP contribution in [0.5, 0.6) is 0 Å². The topological polar surface area (TPSA) is 58.4 Å². The van der Waals surface area contributed by atoms with E-state index in [9.17, 15) is 4.79 Å². The molecule has 1 aliphatic heterocycles. The molecule has 2 fully saturated rings. The molecule has 5 heteroatoms.